The third-order valence-corrected chi connectivity index (χ3v) is 6.30. The van der Waals surface area contributed by atoms with E-state index >= 15 is 0 Å². The molecule has 0 amide bonds. The Morgan fingerprint density at radius 2 is 1.77 bits per heavy atom. The molecule has 1 aliphatic rings. The lowest BCUT2D eigenvalue weighted by atomic mass is 10.1. The molecule has 0 aliphatic heterocycles. The summed E-state index contributed by atoms with van der Waals surface area (Å²) in [5, 5.41) is 0.0406. The van der Waals surface area contributed by atoms with Crippen molar-refractivity contribution in [1.29, 1.82) is 0 Å². The minimum absolute atomic E-state index is 0.0357. The molecule has 35 heavy (non-hydrogen) atoms. The van der Waals surface area contributed by atoms with Gasteiger partial charge in [-0.25, -0.2) is 19.1 Å². The summed E-state index contributed by atoms with van der Waals surface area (Å²) in [6.45, 7) is 2.00. The molecule has 0 spiro atoms. The van der Waals surface area contributed by atoms with E-state index in [1.807, 2.05) is 31.2 Å². The number of aromatic nitrogens is 3. The van der Waals surface area contributed by atoms with Crippen LogP contribution >= 0.6 is 0 Å². The lowest BCUT2D eigenvalue weighted by molar-refractivity contribution is 0.0602. The van der Waals surface area contributed by atoms with E-state index < -0.39 is 17.2 Å². The van der Waals surface area contributed by atoms with Crippen molar-refractivity contribution in [2.24, 2.45) is 0 Å². The number of ether oxygens (including phenoxy) is 2. The summed E-state index contributed by atoms with van der Waals surface area (Å²) < 4.78 is 13.0. The van der Waals surface area contributed by atoms with Gasteiger partial charge in [-0.3, -0.25) is 9.36 Å². The van der Waals surface area contributed by atoms with Crippen molar-refractivity contribution < 1.29 is 14.3 Å². The number of hydrogen-bond acceptors (Lipinski definition) is 6. The number of benzene rings is 2. The average Bonchev–Trinajstić information content (AvgIpc) is 3.72. The minimum atomic E-state index is -0.650. The minimum Gasteiger partial charge on any atom is -0.495 e. The Hall–Kier alpha value is -4.20. The Labute approximate surface area is 201 Å². The molecule has 2 aromatic heterocycles. The molecule has 2 heterocycles. The van der Waals surface area contributed by atoms with E-state index in [0.29, 0.717) is 17.1 Å². The summed E-state index contributed by atoms with van der Waals surface area (Å²) in [7, 11) is 2.78. The number of aryl methyl sites for hydroxylation is 1. The zero-order chi connectivity index (χ0) is 24.7. The van der Waals surface area contributed by atoms with Crippen molar-refractivity contribution >= 4 is 17.0 Å². The maximum Gasteiger partial charge on any atom is 0.338 e. The van der Waals surface area contributed by atoms with Crippen LogP contribution in [0.15, 0.2) is 64.2 Å². The van der Waals surface area contributed by atoms with Crippen molar-refractivity contribution in [1.82, 2.24) is 14.1 Å². The number of hydrogen-bond donors (Lipinski definition) is 0. The predicted molar refractivity (Wildman–Crippen MR) is 132 cm³/mol. The van der Waals surface area contributed by atoms with E-state index in [9.17, 15) is 14.4 Å². The van der Waals surface area contributed by atoms with Crippen LogP contribution in [0.5, 0.6) is 5.75 Å². The van der Waals surface area contributed by atoms with Crippen molar-refractivity contribution in [2.45, 2.75) is 32.2 Å². The summed E-state index contributed by atoms with van der Waals surface area (Å²) in [5.74, 6) is -0.0304. The number of esters is 1. The number of fused-ring (bicyclic) bond motifs is 1. The number of pyridine rings is 1. The molecule has 0 N–H and O–H groups in total. The molecule has 4 aromatic rings. The van der Waals surface area contributed by atoms with Crippen LogP contribution in [0.1, 0.15) is 45.9 Å². The third-order valence-electron chi connectivity index (χ3n) is 6.30. The summed E-state index contributed by atoms with van der Waals surface area (Å²) in [4.78, 5) is 45.2. The first-order valence-corrected chi connectivity index (χ1v) is 11.4. The Morgan fingerprint density at radius 3 is 2.43 bits per heavy atom. The van der Waals surface area contributed by atoms with E-state index in [-0.39, 0.29) is 29.1 Å². The van der Waals surface area contributed by atoms with Crippen molar-refractivity contribution in [3.8, 4) is 11.4 Å². The lowest BCUT2D eigenvalue weighted by Crippen LogP contribution is -2.41. The van der Waals surface area contributed by atoms with Gasteiger partial charge < -0.3 is 9.47 Å². The normalized spacial score (nSPS) is 13.1. The highest BCUT2D eigenvalue weighted by molar-refractivity contribution is 6.02. The zero-order valence-corrected chi connectivity index (χ0v) is 19.8. The van der Waals surface area contributed by atoms with Crippen molar-refractivity contribution in [3.63, 3.8) is 0 Å². The molecule has 0 bridgehead atoms. The Balaban J connectivity index is 1.90. The second-order valence-electron chi connectivity index (χ2n) is 8.73. The first-order chi connectivity index (χ1) is 16.9. The van der Waals surface area contributed by atoms with Crippen LogP contribution < -0.4 is 16.0 Å². The van der Waals surface area contributed by atoms with Gasteiger partial charge in [0.15, 0.2) is 5.65 Å². The molecule has 8 nitrogen and oxygen atoms in total. The Morgan fingerprint density at radius 1 is 1.06 bits per heavy atom. The summed E-state index contributed by atoms with van der Waals surface area (Å²) in [6.07, 6.45) is 1.87. The van der Waals surface area contributed by atoms with Crippen molar-refractivity contribution in [2.75, 3.05) is 14.2 Å². The summed E-state index contributed by atoms with van der Waals surface area (Å²) >= 11 is 0. The van der Waals surface area contributed by atoms with E-state index in [2.05, 4.69) is 0 Å². The molecule has 0 unspecified atom stereocenters. The monoisotopic (exact) mass is 471 g/mol. The zero-order valence-electron chi connectivity index (χ0n) is 19.8. The second-order valence-corrected chi connectivity index (χ2v) is 8.73. The highest BCUT2D eigenvalue weighted by Gasteiger charge is 2.30. The van der Waals surface area contributed by atoms with E-state index in [1.54, 1.807) is 30.3 Å². The first-order valence-electron chi connectivity index (χ1n) is 11.4. The maximum atomic E-state index is 13.9. The molecule has 1 aliphatic carbocycles. The van der Waals surface area contributed by atoms with Gasteiger partial charge in [0.25, 0.3) is 5.56 Å². The molecule has 1 fully saturated rings. The Kier molecular flexibility index (Phi) is 5.72. The van der Waals surface area contributed by atoms with Gasteiger partial charge in [0.05, 0.1) is 37.4 Å². The molecular formula is C27H25N3O5. The van der Waals surface area contributed by atoms with E-state index in [0.717, 1.165) is 28.5 Å². The third kappa shape index (κ3) is 4.01. The molecule has 0 saturated heterocycles. The molecule has 1 saturated carbocycles. The van der Waals surface area contributed by atoms with Crippen LogP contribution in [0, 0.1) is 6.92 Å². The first kappa shape index (κ1) is 22.6. The van der Waals surface area contributed by atoms with Crippen LogP contribution in [-0.4, -0.2) is 34.3 Å². The van der Waals surface area contributed by atoms with E-state index in [1.165, 1.54) is 18.8 Å². The molecule has 5 rings (SSSR count). The van der Waals surface area contributed by atoms with Gasteiger partial charge in [-0.1, -0.05) is 42.0 Å². The largest absolute Gasteiger partial charge is 0.495 e. The van der Waals surface area contributed by atoms with Crippen LogP contribution in [0.25, 0.3) is 16.7 Å². The number of nitrogens with zero attached hydrogens (tertiary/aromatic N) is 3. The quantitative estimate of drug-likeness (QED) is 0.399. The van der Waals surface area contributed by atoms with Crippen LogP contribution in [0.4, 0.5) is 0 Å². The predicted octanol–water partition coefficient (Wildman–Crippen LogP) is 3.58. The van der Waals surface area contributed by atoms with Crippen LogP contribution in [0.3, 0.4) is 0 Å². The van der Waals surface area contributed by atoms with Gasteiger partial charge >= 0.3 is 11.7 Å². The van der Waals surface area contributed by atoms with Gasteiger partial charge in [0, 0.05) is 11.6 Å². The topological polar surface area (TPSA) is 92.4 Å². The lowest BCUT2D eigenvalue weighted by Gasteiger charge is -2.18. The number of methoxy groups -OCH3 is 2. The number of carbonyl (C=O) groups excluding carboxylic acids is 1. The maximum absolute atomic E-state index is 13.9. The van der Waals surface area contributed by atoms with Gasteiger partial charge in [0.1, 0.15) is 5.75 Å². The molecular weight excluding hydrogens is 446 g/mol. The number of rotatable bonds is 6. The van der Waals surface area contributed by atoms with Crippen molar-refractivity contribution in [3.05, 3.63) is 97.8 Å². The average molecular weight is 472 g/mol. The molecule has 8 heteroatoms. The SMILES string of the molecule is COC(=O)c1cc(C2CC2)nc2c1c(=O)n(Cc1ccc(C)cc1)c(=O)n2-c1ccccc1OC. The van der Waals surface area contributed by atoms with E-state index in [4.69, 9.17) is 14.5 Å². The number of carbonyl (C=O) groups is 1. The molecule has 0 radical (unpaired) electrons. The van der Waals surface area contributed by atoms with Gasteiger partial charge in [-0.05, 0) is 43.5 Å². The fourth-order valence-corrected chi connectivity index (χ4v) is 4.26. The second kappa shape index (κ2) is 8.87. The molecule has 178 valence electrons. The smallest absolute Gasteiger partial charge is 0.338 e. The van der Waals surface area contributed by atoms with Gasteiger partial charge in [-0.15, -0.1) is 0 Å². The highest BCUT2D eigenvalue weighted by Crippen LogP contribution is 2.40. The molecule has 2 aromatic carbocycles. The molecule has 0 atom stereocenters. The Bertz CT molecular complexity index is 1560. The number of para-hydroxylation sites is 2. The fourth-order valence-electron chi connectivity index (χ4n) is 4.26. The summed E-state index contributed by atoms with van der Waals surface area (Å²) in [5.41, 5.74) is 2.00. The van der Waals surface area contributed by atoms with Crippen LogP contribution in [-0.2, 0) is 11.3 Å². The summed E-state index contributed by atoms with van der Waals surface area (Å²) in [6, 6.07) is 16.2. The van der Waals surface area contributed by atoms with Gasteiger partial charge in [0.2, 0.25) is 0 Å². The van der Waals surface area contributed by atoms with Crippen LogP contribution in [0.2, 0.25) is 0 Å². The van der Waals surface area contributed by atoms with Gasteiger partial charge in [-0.2, -0.15) is 0 Å². The standard InChI is InChI=1S/C27H25N3O5/c1-16-8-10-17(11-9-16)15-29-25(31)23-19(26(32)35-3)14-20(18-12-13-18)28-24(23)30(27(29)33)21-6-4-5-7-22(21)34-2/h4-11,14,18H,12-13,15H2,1-3H3. The fraction of sp³-hybridized carbons (Fsp3) is 0.259. The highest BCUT2D eigenvalue weighted by atomic mass is 16.5.